The van der Waals surface area contributed by atoms with Gasteiger partial charge in [-0.25, -0.2) is 0 Å². The number of halogens is 1. The Balaban J connectivity index is 0.00000480. The van der Waals surface area contributed by atoms with Crippen molar-refractivity contribution in [2.45, 2.75) is 40.2 Å². The molecule has 0 aliphatic heterocycles. The number of ether oxygens (including phenoxy) is 1. The average Bonchev–Trinajstić information content (AvgIpc) is 2.97. The van der Waals surface area contributed by atoms with Gasteiger partial charge in [-0.15, -0.1) is 24.0 Å². The van der Waals surface area contributed by atoms with E-state index in [0.717, 1.165) is 24.6 Å². The summed E-state index contributed by atoms with van der Waals surface area (Å²) in [6, 6.07) is 7.28. The maximum absolute atomic E-state index is 12.3. The lowest BCUT2D eigenvalue weighted by molar-refractivity contribution is 0.0954. The molecule has 8 nitrogen and oxygen atoms in total. The third kappa shape index (κ3) is 8.04. The van der Waals surface area contributed by atoms with Crippen molar-refractivity contribution in [3.05, 3.63) is 46.8 Å². The fourth-order valence-electron chi connectivity index (χ4n) is 3.23. The van der Waals surface area contributed by atoms with Gasteiger partial charge in [0.1, 0.15) is 5.75 Å². The number of hydrogen-bond acceptors (Lipinski definition) is 4. The van der Waals surface area contributed by atoms with Crippen molar-refractivity contribution in [1.29, 1.82) is 0 Å². The van der Waals surface area contributed by atoms with Crippen LogP contribution in [0.1, 0.15) is 41.2 Å². The molecule has 172 valence electrons. The van der Waals surface area contributed by atoms with Crippen LogP contribution in [0.25, 0.3) is 0 Å². The number of carbonyl (C=O) groups is 1. The molecule has 0 spiro atoms. The van der Waals surface area contributed by atoms with Crippen LogP contribution >= 0.6 is 24.0 Å². The van der Waals surface area contributed by atoms with E-state index in [1.807, 2.05) is 31.6 Å². The van der Waals surface area contributed by atoms with Crippen LogP contribution in [0, 0.1) is 13.8 Å². The summed E-state index contributed by atoms with van der Waals surface area (Å²) in [5.74, 6) is 1.25. The molecule has 1 unspecified atom stereocenters. The molecule has 31 heavy (non-hydrogen) atoms. The van der Waals surface area contributed by atoms with Crippen LogP contribution in [0.3, 0.4) is 0 Å². The van der Waals surface area contributed by atoms with Crippen molar-refractivity contribution in [2.24, 2.45) is 12.0 Å². The molecule has 2 aromatic rings. The Morgan fingerprint density at radius 2 is 2.03 bits per heavy atom. The van der Waals surface area contributed by atoms with E-state index in [1.165, 1.54) is 11.3 Å². The van der Waals surface area contributed by atoms with Crippen LogP contribution in [-0.2, 0) is 13.5 Å². The van der Waals surface area contributed by atoms with E-state index in [9.17, 15) is 4.79 Å². The first-order chi connectivity index (χ1) is 14.3. The molecule has 0 saturated carbocycles. The Labute approximate surface area is 202 Å². The third-order valence-corrected chi connectivity index (χ3v) is 4.90. The first kappa shape index (κ1) is 26.7. The molecular weight excluding hydrogens is 507 g/mol. The summed E-state index contributed by atoms with van der Waals surface area (Å²) in [5.41, 5.74) is 4.08. The van der Waals surface area contributed by atoms with Crippen molar-refractivity contribution < 1.29 is 9.53 Å². The van der Waals surface area contributed by atoms with Crippen molar-refractivity contribution >= 4 is 35.8 Å². The number of nitrogens with zero attached hydrogens (tertiary/aromatic N) is 3. The van der Waals surface area contributed by atoms with Crippen LogP contribution in [0.15, 0.2) is 29.3 Å². The Hall–Kier alpha value is -2.30. The zero-order valence-electron chi connectivity index (χ0n) is 19.3. The molecule has 0 saturated heterocycles. The second-order valence-electron chi connectivity index (χ2n) is 7.27. The highest BCUT2D eigenvalue weighted by molar-refractivity contribution is 14.0. The van der Waals surface area contributed by atoms with Gasteiger partial charge in [0.25, 0.3) is 5.91 Å². The summed E-state index contributed by atoms with van der Waals surface area (Å²) >= 11 is 0. The largest absolute Gasteiger partial charge is 0.497 e. The standard InChI is InChI=1S/C22H34N6O2.HI/c1-7-23-22(26-15(2)13-20-16(3)27-28(5)17(20)4)25-12-11-24-21(29)18-9-8-10-19(14-18)30-6;/h8-10,14-15H,7,11-13H2,1-6H3,(H,24,29)(H2,23,25,26);1H. The summed E-state index contributed by atoms with van der Waals surface area (Å²) in [6.45, 7) is 9.97. The predicted molar refractivity (Wildman–Crippen MR) is 136 cm³/mol. The number of benzene rings is 1. The number of guanidine groups is 1. The quantitative estimate of drug-likeness (QED) is 0.196. The van der Waals surface area contributed by atoms with E-state index < -0.39 is 0 Å². The minimum absolute atomic E-state index is 0. The Morgan fingerprint density at radius 3 is 2.65 bits per heavy atom. The van der Waals surface area contributed by atoms with Crippen LogP contribution < -0.4 is 20.7 Å². The molecule has 0 fully saturated rings. The third-order valence-electron chi connectivity index (χ3n) is 4.90. The molecular formula is C22H35IN6O2. The monoisotopic (exact) mass is 542 g/mol. The van der Waals surface area contributed by atoms with E-state index >= 15 is 0 Å². The number of aliphatic imine (C=N–C) groups is 1. The number of carbonyl (C=O) groups excluding carboxylic acids is 1. The summed E-state index contributed by atoms with van der Waals surface area (Å²) in [6.07, 6.45) is 0.864. The minimum atomic E-state index is -0.141. The van der Waals surface area contributed by atoms with Crippen LogP contribution in [0.5, 0.6) is 5.75 Å². The molecule has 1 aromatic heterocycles. The van der Waals surface area contributed by atoms with Crippen molar-refractivity contribution in [3.63, 3.8) is 0 Å². The average molecular weight is 542 g/mol. The summed E-state index contributed by atoms with van der Waals surface area (Å²) in [4.78, 5) is 16.9. The zero-order chi connectivity index (χ0) is 22.1. The van der Waals surface area contributed by atoms with Gasteiger partial charge in [0.15, 0.2) is 5.96 Å². The Morgan fingerprint density at radius 1 is 1.29 bits per heavy atom. The van der Waals surface area contributed by atoms with Gasteiger partial charge in [-0.05, 0) is 57.9 Å². The minimum Gasteiger partial charge on any atom is -0.497 e. The van der Waals surface area contributed by atoms with Gasteiger partial charge in [-0.3, -0.25) is 14.5 Å². The van der Waals surface area contributed by atoms with Gasteiger partial charge in [0, 0.05) is 37.4 Å². The maximum atomic E-state index is 12.3. The molecule has 2 rings (SSSR count). The highest BCUT2D eigenvalue weighted by atomic mass is 127. The van der Waals surface area contributed by atoms with Crippen LogP contribution in [-0.4, -0.2) is 54.4 Å². The molecule has 0 bridgehead atoms. The van der Waals surface area contributed by atoms with E-state index in [1.54, 1.807) is 25.3 Å². The fourth-order valence-corrected chi connectivity index (χ4v) is 3.23. The van der Waals surface area contributed by atoms with Crippen LogP contribution in [0.2, 0.25) is 0 Å². The van der Waals surface area contributed by atoms with Crippen molar-refractivity contribution in [2.75, 3.05) is 26.7 Å². The van der Waals surface area contributed by atoms with E-state index in [-0.39, 0.29) is 35.9 Å². The number of hydrogen-bond donors (Lipinski definition) is 3. The summed E-state index contributed by atoms with van der Waals surface area (Å²) in [7, 11) is 3.55. The molecule has 0 aliphatic carbocycles. The van der Waals surface area contributed by atoms with Gasteiger partial charge in [0.05, 0.1) is 19.3 Å². The topological polar surface area (TPSA) is 92.6 Å². The molecule has 1 amide bonds. The SMILES string of the molecule is CCNC(=NCCNC(=O)c1cccc(OC)c1)NC(C)Cc1c(C)nn(C)c1C.I. The number of nitrogens with one attached hydrogen (secondary N) is 3. The normalized spacial score (nSPS) is 12.0. The van der Waals surface area contributed by atoms with E-state index in [2.05, 4.69) is 39.9 Å². The van der Waals surface area contributed by atoms with Gasteiger partial charge < -0.3 is 20.7 Å². The second-order valence-corrected chi connectivity index (χ2v) is 7.27. The van der Waals surface area contributed by atoms with Crippen molar-refractivity contribution in [3.8, 4) is 5.75 Å². The number of aryl methyl sites for hydroxylation is 2. The number of amides is 1. The zero-order valence-corrected chi connectivity index (χ0v) is 21.6. The lowest BCUT2D eigenvalue weighted by atomic mass is 10.1. The molecule has 1 aromatic carbocycles. The van der Waals surface area contributed by atoms with Gasteiger partial charge in [-0.1, -0.05) is 6.07 Å². The number of methoxy groups -OCH3 is 1. The highest BCUT2D eigenvalue weighted by Crippen LogP contribution is 2.14. The lowest BCUT2D eigenvalue weighted by Crippen LogP contribution is -2.43. The smallest absolute Gasteiger partial charge is 0.251 e. The van der Waals surface area contributed by atoms with E-state index in [0.29, 0.717) is 24.4 Å². The summed E-state index contributed by atoms with van der Waals surface area (Å²) in [5, 5.41) is 14.1. The molecule has 0 aliphatic rings. The number of aromatic nitrogens is 2. The Bertz CT molecular complexity index is 881. The Kier molecular flexibility index (Phi) is 11.4. The van der Waals surface area contributed by atoms with Gasteiger partial charge >= 0.3 is 0 Å². The molecule has 3 N–H and O–H groups in total. The molecule has 9 heteroatoms. The van der Waals surface area contributed by atoms with Gasteiger partial charge in [-0.2, -0.15) is 5.10 Å². The molecule has 1 atom stereocenters. The fraction of sp³-hybridized carbons (Fsp3) is 0.500. The highest BCUT2D eigenvalue weighted by Gasteiger charge is 2.14. The molecule has 1 heterocycles. The van der Waals surface area contributed by atoms with Crippen molar-refractivity contribution in [1.82, 2.24) is 25.7 Å². The summed E-state index contributed by atoms with van der Waals surface area (Å²) < 4.78 is 7.08. The number of rotatable bonds is 9. The van der Waals surface area contributed by atoms with E-state index in [4.69, 9.17) is 4.74 Å². The lowest BCUT2D eigenvalue weighted by Gasteiger charge is -2.18. The van der Waals surface area contributed by atoms with Crippen LogP contribution in [0.4, 0.5) is 0 Å². The second kappa shape index (κ2) is 13.2. The predicted octanol–water partition coefficient (Wildman–Crippen LogP) is 2.58. The molecule has 0 radical (unpaired) electrons. The first-order valence-electron chi connectivity index (χ1n) is 10.3. The maximum Gasteiger partial charge on any atom is 0.251 e. The first-order valence-corrected chi connectivity index (χ1v) is 10.3. The van der Waals surface area contributed by atoms with Gasteiger partial charge in [0.2, 0.25) is 0 Å².